The lowest BCUT2D eigenvalue weighted by Crippen LogP contribution is -2.48. The zero-order chi connectivity index (χ0) is 30.0. The van der Waals surface area contributed by atoms with Gasteiger partial charge in [-0.1, -0.05) is 72.3 Å². The molecule has 10 heteroatoms. The number of benzene rings is 4. The lowest BCUT2D eigenvalue weighted by atomic mass is 10.0. The molecule has 0 saturated carbocycles. The highest BCUT2D eigenvalue weighted by atomic mass is 35.5. The van der Waals surface area contributed by atoms with Crippen LogP contribution in [0.25, 0.3) is 0 Å². The number of hydrogen-bond donors (Lipinski definition) is 4. The zero-order valence-corrected chi connectivity index (χ0v) is 24.7. The summed E-state index contributed by atoms with van der Waals surface area (Å²) < 4.78 is 33.8. The summed E-state index contributed by atoms with van der Waals surface area (Å²) in [5.74, 6) is 0.252. The van der Waals surface area contributed by atoms with Gasteiger partial charge in [0.05, 0.1) is 24.2 Å². The minimum atomic E-state index is -3.91. The summed E-state index contributed by atoms with van der Waals surface area (Å²) in [5, 5.41) is 17.8. The van der Waals surface area contributed by atoms with Crippen LogP contribution in [0.4, 0.5) is 0 Å². The molecule has 0 spiro atoms. The smallest absolute Gasteiger partial charge is 0.251 e. The van der Waals surface area contributed by atoms with E-state index < -0.39 is 28.1 Å². The van der Waals surface area contributed by atoms with Gasteiger partial charge in [-0.2, -0.15) is 0 Å². The number of methoxy groups -OCH3 is 1. The van der Waals surface area contributed by atoms with E-state index in [0.29, 0.717) is 23.6 Å². The van der Waals surface area contributed by atoms with E-state index in [9.17, 15) is 18.3 Å². The predicted octanol–water partition coefficient (Wildman–Crippen LogP) is 4.32. The molecular formula is C32H34ClN3O5S. The topological polar surface area (TPSA) is 117 Å². The van der Waals surface area contributed by atoms with E-state index in [0.717, 1.165) is 16.9 Å². The van der Waals surface area contributed by atoms with Gasteiger partial charge in [0.1, 0.15) is 5.75 Å². The molecule has 4 rings (SSSR count). The minimum absolute atomic E-state index is 0.0442. The highest BCUT2D eigenvalue weighted by molar-refractivity contribution is 7.89. The molecule has 8 nitrogen and oxygen atoms in total. The van der Waals surface area contributed by atoms with Gasteiger partial charge in [-0.15, -0.1) is 0 Å². The third kappa shape index (κ3) is 9.14. The van der Waals surface area contributed by atoms with Crippen molar-refractivity contribution in [2.24, 2.45) is 0 Å². The first-order chi connectivity index (χ1) is 20.2. The second kappa shape index (κ2) is 14.9. The van der Waals surface area contributed by atoms with Gasteiger partial charge < -0.3 is 20.5 Å². The molecule has 0 heterocycles. The number of carbonyl (C=O) groups is 1. The van der Waals surface area contributed by atoms with Crippen LogP contribution >= 0.6 is 11.6 Å². The summed E-state index contributed by atoms with van der Waals surface area (Å²) in [7, 11) is -2.30. The first-order valence-electron chi connectivity index (χ1n) is 13.4. The molecule has 220 valence electrons. The number of rotatable bonds is 14. The molecular weight excluding hydrogens is 574 g/mol. The second-order valence-electron chi connectivity index (χ2n) is 9.80. The second-order valence-corrected chi connectivity index (χ2v) is 12.0. The average Bonchev–Trinajstić information content (AvgIpc) is 3.00. The lowest BCUT2D eigenvalue weighted by Gasteiger charge is -2.25. The highest BCUT2D eigenvalue weighted by Gasteiger charge is 2.23. The predicted molar refractivity (Wildman–Crippen MR) is 164 cm³/mol. The van der Waals surface area contributed by atoms with Gasteiger partial charge in [-0.05, 0) is 65.6 Å². The molecule has 0 saturated heterocycles. The van der Waals surface area contributed by atoms with Crippen molar-refractivity contribution in [2.45, 2.75) is 36.6 Å². The molecule has 0 aliphatic rings. The number of sulfonamides is 1. The van der Waals surface area contributed by atoms with E-state index in [-0.39, 0.29) is 23.5 Å². The summed E-state index contributed by atoms with van der Waals surface area (Å²) in [6.45, 7) is 0.770. The summed E-state index contributed by atoms with van der Waals surface area (Å²) in [6, 6.07) is 29.2. The number of ether oxygens (including phenoxy) is 1. The Balaban J connectivity index is 1.44. The molecule has 0 radical (unpaired) electrons. The highest BCUT2D eigenvalue weighted by Crippen LogP contribution is 2.16. The fourth-order valence-electron chi connectivity index (χ4n) is 4.41. The van der Waals surface area contributed by atoms with Gasteiger partial charge in [-0.25, -0.2) is 13.1 Å². The van der Waals surface area contributed by atoms with E-state index in [1.807, 2.05) is 54.6 Å². The molecule has 4 aromatic carbocycles. The normalized spacial score (nSPS) is 12.8. The number of carbonyl (C=O) groups excluding carboxylic acids is 1. The van der Waals surface area contributed by atoms with Gasteiger partial charge in [0.2, 0.25) is 10.0 Å². The Hall–Kier alpha value is -3.73. The van der Waals surface area contributed by atoms with Gasteiger partial charge in [0.15, 0.2) is 0 Å². The van der Waals surface area contributed by atoms with Gasteiger partial charge in [0.25, 0.3) is 5.91 Å². The number of hydrogen-bond acceptors (Lipinski definition) is 6. The van der Waals surface area contributed by atoms with Gasteiger partial charge in [-0.3, -0.25) is 4.79 Å². The Morgan fingerprint density at radius 2 is 1.55 bits per heavy atom. The maximum atomic E-state index is 13.3. The fourth-order valence-corrected chi connectivity index (χ4v) is 5.68. The molecule has 0 bridgehead atoms. The Morgan fingerprint density at radius 3 is 2.29 bits per heavy atom. The number of aliphatic hydroxyl groups excluding tert-OH is 1. The Labute approximate surface area is 251 Å². The van der Waals surface area contributed by atoms with Gasteiger partial charge in [0, 0.05) is 30.2 Å². The monoisotopic (exact) mass is 607 g/mol. The summed E-state index contributed by atoms with van der Waals surface area (Å²) in [4.78, 5) is 13.3. The SMILES string of the molecule is COc1cccc(CNC[C@H](O)[C@H](Cc2ccccc2)NC(=O)c2cccc(S(=O)(=O)NCc3cccc(Cl)c3)c2)c1. The Bertz CT molecular complexity index is 1580. The van der Waals surface area contributed by atoms with Crippen LogP contribution in [-0.4, -0.2) is 45.2 Å². The Kier molecular flexibility index (Phi) is 11.1. The number of amides is 1. The van der Waals surface area contributed by atoms with Crippen LogP contribution in [0.2, 0.25) is 5.02 Å². The molecule has 0 aliphatic heterocycles. The van der Waals surface area contributed by atoms with Crippen LogP contribution in [0.15, 0.2) is 108 Å². The molecule has 1 amide bonds. The molecule has 0 fully saturated rings. The molecule has 0 unspecified atom stereocenters. The van der Waals surface area contributed by atoms with E-state index in [1.165, 1.54) is 24.3 Å². The van der Waals surface area contributed by atoms with Crippen molar-refractivity contribution in [3.63, 3.8) is 0 Å². The number of aliphatic hydroxyl groups is 1. The third-order valence-electron chi connectivity index (χ3n) is 6.66. The third-order valence-corrected chi connectivity index (χ3v) is 8.29. The first-order valence-corrected chi connectivity index (χ1v) is 15.3. The number of halogens is 1. The summed E-state index contributed by atoms with van der Waals surface area (Å²) >= 11 is 6.00. The molecule has 0 aromatic heterocycles. The van der Waals surface area contributed by atoms with Crippen molar-refractivity contribution in [3.05, 3.63) is 130 Å². The number of nitrogens with one attached hydrogen (secondary N) is 3. The van der Waals surface area contributed by atoms with Crippen molar-refractivity contribution < 1.29 is 23.1 Å². The van der Waals surface area contributed by atoms with Crippen molar-refractivity contribution in [1.29, 1.82) is 0 Å². The van der Waals surface area contributed by atoms with E-state index in [4.69, 9.17) is 16.3 Å². The summed E-state index contributed by atoms with van der Waals surface area (Å²) in [6.07, 6.45) is -0.542. The standard InChI is InChI=1S/C32H34ClN3O5S/c1-41-28-14-6-11-25(17-28)20-34-22-31(37)30(18-23-8-3-2-4-9-23)36-32(38)26-12-7-15-29(19-26)42(39,40)35-21-24-10-5-13-27(33)16-24/h2-17,19,30-31,34-35,37H,18,20-22H2,1H3,(H,36,38)/t30-,31-/m0/s1. The van der Waals surface area contributed by atoms with Crippen LogP contribution < -0.4 is 20.1 Å². The van der Waals surface area contributed by atoms with Crippen molar-refractivity contribution in [1.82, 2.24) is 15.4 Å². The lowest BCUT2D eigenvalue weighted by molar-refractivity contribution is 0.0829. The maximum Gasteiger partial charge on any atom is 0.251 e. The molecule has 4 aromatic rings. The quantitative estimate of drug-likeness (QED) is 0.170. The molecule has 42 heavy (non-hydrogen) atoms. The Morgan fingerprint density at radius 1 is 0.857 bits per heavy atom. The van der Waals surface area contributed by atoms with Crippen molar-refractivity contribution in [3.8, 4) is 5.75 Å². The van der Waals surface area contributed by atoms with Crippen LogP contribution in [0.3, 0.4) is 0 Å². The van der Waals surface area contributed by atoms with Crippen molar-refractivity contribution in [2.75, 3.05) is 13.7 Å². The van der Waals surface area contributed by atoms with Crippen LogP contribution in [0.1, 0.15) is 27.0 Å². The van der Waals surface area contributed by atoms with E-state index in [2.05, 4.69) is 15.4 Å². The molecule has 4 N–H and O–H groups in total. The van der Waals surface area contributed by atoms with Crippen LogP contribution in [0.5, 0.6) is 5.75 Å². The van der Waals surface area contributed by atoms with Crippen molar-refractivity contribution >= 4 is 27.5 Å². The largest absolute Gasteiger partial charge is 0.497 e. The van der Waals surface area contributed by atoms with Gasteiger partial charge >= 0.3 is 0 Å². The summed E-state index contributed by atoms with van der Waals surface area (Å²) in [5.41, 5.74) is 2.80. The van der Waals surface area contributed by atoms with E-state index >= 15 is 0 Å². The zero-order valence-electron chi connectivity index (χ0n) is 23.2. The van der Waals surface area contributed by atoms with Crippen LogP contribution in [-0.2, 0) is 29.5 Å². The molecule has 0 aliphatic carbocycles. The molecule has 2 atom stereocenters. The van der Waals surface area contributed by atoms with Crippen LogP contribution in [0, 0.1) is 0 Å². The minimum Gasteiger partial charge on any atom is -0.497 e. The van der Waals surface area contributed by atoms with E-state index in [1.54, 1.807) is 31.4 Å². The average molecular weight is 608 g/mol. The maximum absolute atomic E-state index is 13.3. The first kappa shape index (κ1) is 31.2. The fraction of sp³-hybridized carbons (Fsp3) is 0.219.